The van der Waals surface area contributed by atoms with Gasteiger partial charge in [0.2, 0.25) is 0 Å². The third-order valence-electron chi connectivity index (χ3n) is 6.37. The Kier molecular flexibility index (Phi) is 6.48. The third-order valence-corrected chi connectivity index (χ3v) is 6.37. The Morgan fingerprint density at radius 2 is 1.56 bits per heavy atom. The first-order valence-electron chi connectivity index (χ1n) is 11.6. The van der Waals surface area contributed by atoms with Crippen molar-refractivity contribution in [1.29, 1.82) is 10.5 Å². The fourth-order valence-corrected chi connectivity index (χ4v) is 4.77. The van der Waals surface area contributed by atoms with E-state index in [4.69, 9.17) is 4.74 Å². The van der Waals surface area contributed by atoms with Crippen molar-refractivity contribution in [1.82, 2.24) is 9.97 Å². The van der Waals surface area contributed by atoms with Gasteiger partial charge in [0.25, 0.3) is 0 Å². The molecular weight excluding hydrogens is 420 g/mol. The van der Waals surface area contributed by atoms with Crippen LogP contribution in [0.4, 0.5) is 0 Å². The summed E-state index contributed by atoms with van der Waals surface area (Å²) < 4.78 is 5.45. The first kappa shape index (κ1) is 23.2. The van der Waals surface area contributed by atoms with E-state index >= 15 is 0 Å². The van der Waals surface area contributed by atoms with Crippen molar-refractivity contribution in [2.24, 2.45) is 0 Å². The Morgan fingerprint density at radius 3 is 2.21 bits per heavy atom. The van der Waals surface area contributed by atoms with Crippen LogP contribution in [0.1, 0.15) is 72.9 Å². The number of pyridine rings is 2. The summed E-state index contributed by atoms with van der Waals surface area (Å²) in [6.45, 7) is 8.64. The van der Waals surface area contributed by atoms with Gasteiger partial charge in [-0.2, -0.15) is 10.5 Å². The molecule has 0 saturated carbocycles. The van der Waals surface area contributed by atoms with E-state index in [0.29, 0.717) is 28.3 Å². The second-order valence-electron chi connectivity index (χ2n) is 9.24. The van der Waals surface area contributed by atoms with Crippen LogP contribution in [0.5, 0.6) is 5.75 Å². The second kappa shape index (κ2) is 9.49. The molecule has 34 heavy (non-hydrogen) atoms. The Hall–Kier alpha value is -3.96. The molecule has 0 amide bonds. The number of hydrogen-bond donors (Lipinski definition) is 0. The van der Waals surface area contributed by atoms with Crippen molar-refractivity contribution in [2.45, 2.75) is 52.4 Å². The first-order chi connectivity index (χ1) is 16.4. The van der Waals surface area contributed by atoms with Crippen molar-refractivity contribution in [3.8, 4) is 17.9 Å². The van der Waals surface area contributed by atoms with Crippen molar-refractivity contribution >= 4 is 21.8 Å². The van der Waals surface area contributed by atoms with Crippen LogP contribution in [0.25, 0.3) is 21.8 Å². The molecule has 5 heteroatoms. The van der Waals surface area contributed by atoms with Crippen molar-refractivity contribution in [2.75, 3.05) is 7.11 Å². The molecule has 0 atom stereocenters. The Morgan fingerprint density at radius 1 is 0.853 bits per heavy atom. The molecule has 0 spiro atoms. The molecule has 170 valence electrons. The fourth-order valence-electron chi connectivity index (χ4n) is 4.77. The highest BCUT2D eigenvalue weighted by atomic mass is 16.5. The van der Waals surface area contributed by atoms with E-state index in [2.05, 4.69) is 55.9 Å². The molecule has 0 radical (unpaired) electrons. The molecule has 2 heterocycles. The summed E-state index contributed by atoms with van der Waals surface area (Å²) in [5, 5.41) is 21.4. The average molecular weight is 449 g/mol. The Balaban J connectivity index is 1.80. The van der Waals surface area contributed by atoms with Gasteiger partial charge < -0.3 is 4.74 Å². The zero-order valence-electron chi connectivity index (χ0n) is 20.3. The molecule has 5 nitrogen and oxygen atoms in total. The van der Waals surface area contributed by atoms with Crippen LogP contribution in [0.3, 0.4) is 0 Å². The topological polar surface area (TPSA) is 82.6 Å². The van der Waals surface area contributed by atoms with Crippen molar-refractivity contribution in [3.05, 3.63) is 76.1 Å². The molecule has 0 aliphatic rings. The largest absolute Gasteiger partial charge is 0.497 e. The third kappa shape index (κ3) is 4.18. The van der Waals surface area contributed by atoms with E-state index in [1.165, 1.54) is 11.1 Å². The zero-order chi connectivity index (χ0) is 24.4. The number of aryl methyl sites for hydroxylation is 2. The standard InChI is InChI=1S/C29H28N4O/c1-17(2)24-8-9-32-28-21(14-30)10-19(11-25(24)28)6-7-20-16-33-29-22(15-31)12-23(34-5)13-26(29)27(20)18(3)4/h8-13,16-18H,6-7H2,1-5H3. The molecule has 2 aromatic heterocycles. The SMILES string of the molecule is COc1cc(C#N)c2ncc(CCc3cc(C#N)c4nccc(C(C)C)c4c3)c(C(C)C)c2c1. The Bertz CT molecular complexity index is 1470. The van der Waals surface area contributed by atoms with Crippen LogP contribution in [-0.4, -0.2) is 17.1 Å². The molecule has 4 aromatic rings. The smallest absolute Gasteiger partial charge is 0.120 e. The lowest BCUT2D eigenvalue weighted by molar-refractivity contribution is 0.415. The lowest BCUT2D eigenvalue weighted by atomic mass is 9.89. The second-order valence-corrected chi connectivity index (χ2v) is 9.24. The van der Waals surface area contributed by atoms with E-state index < -0.39 is 0 Å². The minimum atomic E-state index is 0.252. The maximum atomic E-state index is 9.77. The number of fused-ring (bicyclic) bond motifs is 2. The van der Waals surface area contributed by atoms with Gasteiger partial charge >= 0.3 is 0 Å². The van der Waals surface area contributed by atoms with Crippen LogP contribution in [-0.2, 0) is 12.8 Å². The van der Waals surface area contributed by atoms with Crippen molar-refractivity contribution in [3.63, 3.8) is 0 Å². The zero-order valence-corrected chi connectivity index (χ0v) is 20.3. The average Bonchev–Trinajstić information content (AvgIpc) is 2.84. The van der Waals surface area contributed by atoms with Gasteiger partial charge in [-0.3, -0.25) is 9.97 Å². The first-order valence-corrected chi connectivity index (χ1v) is 11.6. The summed E-state index contributed by atoms with van der Waals surface area (Å²) in [4.78, 5) is 9.15. The predicted molar refractivity (Wildman–Crippen MR) is 135 cm³/mol. The van der Waals surface area contributed by atoms with E-state index in [9.17, 15) is 10.5 Å². The monoisotopic (exact) mass is 448 g/mol. The van der Waals surface area contributed by atoms with E-state index in [0.717, 1.165) is 40.3 Å². The molecule has 2 aromatic carbocycles. The van der Waals surface area contributed by atoms with Gasteiger partial charge in [0.05, 0.1) is 29.3 Å². The number of benzene rings is 2. The van der Waals surface area contributed by atoms with Gasteiger partial charge in [-0.1, -0.05) is 27.7 Å². The normalized spacial score (nSPS) is 11.2. The molecule has 0 aliphatic carbocycles. The summed E-state index contributed by atoms with van der Waals surface area (Å²) in [5.41, 5.74) is 7.25. The summed E-state index contributed by atoms with van der Waals surface area (Å²) in [6, 6.07) is 14.5. The van der Waals surface area contributed by atoms with Crippen LogP contribution < -0.4 is 4.74 Å². The minimum absolute atomic E-state index is 0.252. The number of nitrogens with zero attached hydrogens (tertiary/aromatic N) is 4. The molecule has 0 saturated heterocycles. The highest BCUT2D eigenvalue weighted by molar-refractivity contribution is 5.90. The van der Waals surface area contributed by atoms with Crippen LogP contribution in [0.2, 0.25) is 0 Å². The van der Waals surface area contributed by atoms with Crippen LogP contribution in [0.15, 0.2) is 42.7 Å². The number of nitriles is 2. The summed E-state index contributed by atoms with van der Waals surface area (Å²) in [6.07, 6.45) is 5.25. The summed E-state index contributed by atoms with van der Waals surface area (Å²) >= 11 is 0. The number of rotatable bonds is 6. The molecule has 0 fully saturated rings. The number of methoxy groups -OCH3 is 1. The van der Waals surface area contributed by atoms with Gasteiger partial charge in [0.1, 0.15) is 17.9 Å². The van der Waals surface area contributed by atoms with E-state index in [1.807, 2.05) is 24.4 Å². The van der Waals surface area contributed by atoms with Crippen LogP contribution >= 0.6 is 0 Å². The lowest BCUT2D eigenvalue weighted by Crippen LogP contribution is -2.04. The molecule has 4 rings (SSSR count). The molecular formula is C29H28N4O. The van der Waals surface area contributed by atoms with Gasteiger partial charge in [-0.15, -0.1) is 0 Å². The summed E-state index contributed by atoms with van der Waals surface area (Å²) in [5.74, 6) is 1.25. The highest BCUT2D eigenvalue weighted by Gasteiger charge is 2.17. The Labute approximate surface area is 200 Å². The van der Waals surface area contributed by atoms with Gasteiger partial charge in [-0.05, 0) is 71.2 Å². The quantitative estimate of drug-likeness (QED) is 0.333. The molecule has 0 bridgehead atoms. The van der Waals surface area contributed by atoms with Gasteiger partial charge in [-0.25, -0.2) is 0 Å². The summed E-state index contributed by atoms with van der Waals surface area (Å²) in [7, 11) is 1.61. The fraction of sp³-hybridized carbons (Fsp3) is 0.310. The maximum Gasteiger partial charge on any atom is 0.120 e. The molecule has 0 unspecified atom stereocenters. The van der Waals surface area contributed by atoms with Gasteiger partial charge in [0.15, 0.2) is 0 Å². The molecule has 0 aliphatic heterocycles. The minimum Gasteiger partial charge on any atom is -0.497 e. The molecule has 0 N–H and O–H groups in total. The van der Waals surface area contributed by atoms with E-state index in [1.54, 1.807) is 19.4 Å². The van der Waals surface area contributed by atoms with Gasteiger partial charge in [0, 0.05) is 29.2 Å². The highest BCUT2D eigenvalue weighted by Crippen LogP contribution is 2.34. The van der Waals surface area contributed by atoms with Crippen molar-refractivity contribution < 1.29 is 4.74 Å². The van der Waals surface area contributed by atoms with E-state index in [-0.39, 0.29) is 5.92 Å². The lowest BCUT2D eigenvalue weighted by Gasteiger charge is -2.17. The van der Waals surface area contributed by atoms with Crippen LogP contribution in [0, 0.1) is 22.7 Å². The number of ether oxygens (including phenoxy) is 1. The number of aromatic nitrogens is 2. The predicted octanol–water partition coefficient (Wildman–Crippen LogP) is 6.57. The number of hydrogen-bond acceptors (Lipinski definition) is 5. The maximum absolute atomic E-state index is 9.77.